The van der Waals surface area contributed by atoms with Crippen molar-refractivity contribution in [1.29, 1.82) is 0 Å². The fourth-order valence-corrected chi connectivity index (χ4v) is 2.35. The van der Waals surface area contributed by atoms with Gasteiger partial charge in [0.15, 0.2) is 0 Å². The Bertz CT molecular complexity index is 357. The van der Waals surface area contributed by atoms with Crippen molar-refractivity contribution in [3.63, 3.8) is 0 Å². The van der Waals surface area contributed by atoms with Gasteiger partial charge in [0.1, 0.15) is 0 Å². The van der Waals surface area contributed by atoms with E-state index in [1.54, 1.807) is 0 Å². The minimum Gasteiger partial charge on any atom is -0.312 e. The minimum atomic E-state index is 0.138. The van der Waals surface area contributed by atoms with Gasteiger partial charge in [-0.05, 0) is 81.2 Å². The summed E-state index contributed by atoms with van der Waals surface area (Å²) < 4.78 is 1.29. The van der Waals surface area contributed by atoms with Gasteiger partial charge in [-0.25, -0.2) is 0 Å². The van der Waals surface area contributed by atoms with E-state index in [9.17, 15) is 0 Å². The molecule has 0 aromatic heterocycles. The first-order chi connectivity index (χ1) is 8.37. The van der Waals surface area contributed by atoms with E-state index in [1.165, 1.54) is 9.13 Å². The predicted molar refractivity (Wildman–Crippen MR) is 88.1 cm³/mol. The summed E-state index contributed by atoms with van der Waals surface area (Å²) in [4.78, 5) is 2.30. The van der Waals surface area contributed by atoms with Gasteiger partial charge in [0, 0.05) is 15.2 Å². The molecular formula is C15H25IN2. The van der Waals surface area contributed by atoms with Gasteiger partial charge in [-0.15, -0.1) is 0 Å². The van der Waals surface area contributed by atoms with Crippen molar-refractivity contribution in [2.75, 3.05) is 20.6 Å². The van der Waals surface area contributed by atoms with Crippen LogP contribution in [0.15, 0.2) is 24.3 Å². The van der Waals surface area contributed by atoms with Crippen LogP contribution in [0, 0.1) is 3.57 Å². The standard InChI is InChI=1S/C15H25IN2/c1-6-17-14(15(2,3)18(4)5)11-12-7-9-13(16)10-8-12/h7-10,14,17H,6,11H2,1-5H3. The van der Waals surface area contributed by atoms with Gasteiger partial charge < -0.3 is 10.2 Å². The van der Waals surface area contributed by atoms with Gasteiger partial charge in [-0.2, -0.15) is 0 Å². The minimum absolute atomic E-state index is 0.138. The molecule has 0 aliphatic heterocycles. The molecule has 0 aliphatic carbocycles. The Morgan fingerprint density at radius 1 is 1.22 bits per heavy atom. The third-order valence-electron chi connectivity index (χ3n) is 3.81. The molecule has 0 bridgehead atoms. The highest BCUT2D eigenvalue weighted by Crippen LogP contribution is 2.20. The molecular weight excluding hydrogens is 335 g/mol. The Morgan fingerprint density at radius 2 is 1.78 bits per heavy atom. The van der Waals surface area contributed by atoms with Crippen molar-refractivity contribution in [3.8, 4) is 0 Å². The number of rotatable bonds is 6. The first-order valence-electron chi connectivity index (χ1n) is 6.53. The second-order valence-corrected chi connectivity index (χ2v) is 6.73. The van der Waals surface area contributed by atoms with Crippen molar-refractivity contribution in [2.24, 2.45) is 0 Å². The third kappa shape index (κ3) is 4.21. The molecule has 0 saturated heterocycles. The van der Waals surface area contributed by atoms with Crippen LogP contribution in [-0.4, -0.2) is 37.1 Å². The molecule has 18 heavy (non-hydrogen) atoms. The molecule has 0 amide bonds. The van der Waals surface area contributed by atoms with Gasteiger partial charge in [0.05, 0.1) is 0 Å². The van der Waals surface area contributed by atoms with E-state index in [2.05, 4.69) is 91.9 Å². The summed E-state index contributed by atoms with van der Waals surface area (Å²) in [5.41, 5.74) is 1.54. The first kappa shape index (κ1) is 15.9. The van der Waals surface area contributed by atoms with E-state index in [-0.39, 0.29) is 5.54 Å². The second-order valence-electron chi connectivity index (χ2n) is 5.49. The van der Waals surface area contributed by atoms with Gasteiger partial charge in [0.2, 0.25) is 0 Å². The number of nitrogens with zero attached hydrogens (tertiary/aromatic N) is 1. The smallest absolute Gasteiger partial charge is 0.0303 e. The number of hydrogen-bond acceptors (Lipinski definition) is 2. The maximum absolute atomic E-state index is 3.62. The summed E-state index contributed by atoms with van der Waals surface area (Å²) in [7, 11) is 4.30. The van der Waals surface area contributed by atoms with E-state index in [0.717, 1.165) is 13.0 Å². The normalized spacial score (nSPS) is 13.9. The summed E-state index contributed by atoms with van der Waals surface area (Å²) >= 11 is 2.35. The highest BCUT2D eigenvalue weighted by molar-refractivity contribution is 14.1. The molecule has 1 aromatic carbocycles. The zero-order valence-electron chi connectivity index (χ0n) is 12.1. The van der Waals surface area contributed by atoms with Crippen LogP contribution in [0.5, 0.6) is 0 Å². The second kappa shape index (κ2) is 6.87. The van der Waals surface area contributed by atoms with Crippen LogP contribution in [0.2, 0.25) is 0 Å². The van der Waals surface area contributed by atoms with E-state index in [0.29, 0.717) is 6.04 Å². The number of nitrogens with one attached hydrogen (secondary N) is 1. The van der Waals surface area contributed by atoms with Crippen LogP contribution in [0.4, 0.5) is 0 Å². The first-order valence-corrected chi connectivity index (χ1v) is 7.61. The monoisotopic (exact) mass is 360 g/mol. The van der Waals surface area contributed by atoms with Crippen LogP contribution in [0.3, 0.4) is 0 Å². The van der Waals surface area contributed by atoms with Gasteiger partial charge in [0.25, 0.3) is 0 Å². The lowest BCUT2D eigenvalue weighted by molar-refractivity contribution is 0.138. The van der Waals surface area contributed by atoms with Crippen LogP contribution < -0.4 is 5.32 Å². The van der Waals surface area contributed by atoms with Gasteiger partial charge in [-0.1, -0.05) is 19.1 Å². The molecule has 0 fully saturated rings. The van der Waals surface area contributed by atoms with E-state index < -0.39 is 0 Å². The SMILES string of the molecule is CCNC(Cc1ccc(I)cc1)C(C)(C)N(C)C. The zero-order chi connectivity index (χ0) is 13.8. The van der Waals surface area contributed by atoms with Crippen LogP contribution in [0.25, 0.3) is 0 Å². The lowest BCUT2D eigenvalue weighted by atomic mass is 9.88. The highest BCUT2D eigenvalue weighted by atomic mass is 127. The molecule has 1 unspecified atom stereocenters. The Balaban J connectivity index is 2.83. The summed E-state index contributed by atoms with van der Waals surface area (Å²) in [6.07, 6.45) is 1.07. The summed E-state index contributed by atoms with van der Waals surface area (Å²) in [5.74, 6) is 0. The number of hydrogen-bond donors (Lipinski definition) is 1. The quantitative estimate of drug-likeness (QED) is 0.784. The maximum atomic E-state index is 3.62. The maximum Gasteiger partial charge on any atom is 0.0303 e. The lowest BCUT2D eigenvalue weighted by Crippen LogP contribution is -2.56. The Morgan fingerprint density at radius 3 is 2.22 bits per heavy atom. The largest absolute Gasteiger partial charge is 0.312 e. The van der Waals surface area contributed by atoms with E-state index in [4.69, 9.17) is 0 Å². The molecule has 1 rings (SSSR count). The van der Waals surface area contributed by atoms with Crippen LogP contribution in [-0.2, 0) is 6.42 Å². The van der Waals surface area contributed by atoms with Gasteiger partial charge >= 0.3 is 0 Å². The van der Waals surface area contributed by atoms with Crippen LogP contribution >= 0.6 is 22.6 Å². The molecule has 1 N–H and O–H groups in total. The molecule has 1 atom stereocenters. The molecule has 0 spiro atoms. The lowest BCUT2D eigenvalue weighted by Gasteiger charge is -2.40. The van der Waals surface area contributed by atoms with Crippen molar-refractivity contribution >= 4 is 22.6 Å². The summed E-state index contributed by atoms with van der Waals surface area (Å²) in [5, 5.41) is 3.62. The Hall–Kier alpha value is -0.130. The zero-order valence-corrected chi connectivity index (χ0v) is 14.3. The molecule has 102 valence electrons. The molecule has 3 heteroatoms. The molecule has 0 radical (unpaired) electrons. The number of benzene rings is 1. The predicted octanol–water partition coefficient (Wildman–Crippen LogP) is 3.15. The molecule has 0 saturated carbocycles. The molecule has 2 nitrogen and oxygen atoms in total. The van der Waals surface area contributed by atoms with Crippen LogP contribution in [0.1, 0.15) is 26.3 Å². The summed E-state index contributed by atoms with van der Waals surface area (Å²) in [6.45, 7) is 7.78. The number of halogens is 1. The highest BCUT2D eigenvalue weighted by Gasteiger charge is 2.30. The van der Waals surface area contributed by atoms with E-state index in [1.807, 2.05) is 0 Å². The van der Waals surface area contributed by atoms with Gasteiger partial charge in [-0.3, -0.25) is 0 Å². The van der Waals surface area contributed by atoms with Crippen molar-refractivity contribution in [1.82, 2.24) is 10.2 Å². The average Bonchev–Trinajstić information content (AvgIpc) is 2.31. The summed E-state index contributed by atoms with van der Waals surface area (Å²) in [6, 6.07) is 9.29. The molecule has 0 aliphatic rings. The Labute approximate surface area is 125 Å². The van der Waals surface area contributed by atoms with E-state index >= 15 is 0 Å². The Kier molecular flexibility index (Phi) is 6.08. The van der Waals surface area contributed by atoms with Crippen molar-refractivity contribution < 1.29 is 0 Å². The molecule has 1 aromatic rings. The third-order valence-corrected chi connectivity index (χ3v) is 4.53. The topological polar surface area (TPSA) is 15.3 Å². The van der Waals surface area contributed by atoms with Crippen molar-refractivity contribution in [2.45, 2.75) is 38.8 Å². The van der Waals surface area contributed by atoms with Crippen molar-refractivity contribution in [3.05, 3.63) is 33.4 Å². The molecule has 0 heterocycles. The average molecular weight is 360 g/mol. The number of likely N-dealkylation sites (N-methyl/N-ethyl adjacent to an activating group) is 2. The fraction of sp³-hybridized carbons (Fsp3) is 0.600. The fourth-order valence-electron chi connectivity index (χ4n) is 1.99.